The first-order chi connectivity index (χ1) is 15.9. The standard InChI is InChI=1S/C24H31Cl2N3O4S/c1-6-12-27-24(31)18(4)28(14-19-20(25)8-7-9-21(19)26)23(30)15-29(34(5,32)33)22-11-10-16(2)13-17(22)3/h7-11,13,18H,6,12,14-15H2,1-5H3,(H,27,31)/t18-/m0/s1. The molecule has 0 saturated carbocycles. The smallest absolute Gasteiger partial charge is 0.244 e. The highest BCUT2D eigenvalue weighted by atomic mass is 35.5. The first kappa shape index (κ1) is 28.0. The van der Waals surface area contributed by atoms with E-state index >= 15 is 0 Å². The minimum atomic E-state index is -3.80. The number of hydrogen-bond acceptors (Lipinski definition) is 4. The number of carbonyl (C=O) groups is 2. The fourth-order valence-corrected chi connectivity index (χ4v) is 4.94. The lowest BCUT2D eigenvalue weighted by molar-refractivity contribution is -0.139. The van der Waals surface area contributed by atoms with Crippen molar-refractivity contribution in [2.24, 2.45) is 0 Å². The van der Waals surface area contributed by atoms with E-state index in [2.05, 4.69) is 5.32 Å². The second kappa shape index (κ2) is 11.9. The van der Waals surface area contributed by atoms with Crippen LogP contribution < -0.4 is 9.62 Å². The van der Waals surface area contributed by atoms with E-state index in [1.165, 1.54) is 4.90 Å². The second-order valence-corrected chi connectivity index (χ2v) is 11.0. The zero-order valence-electron chi connectivity index (χ0n) is 20.1. The molecule has 2 aromatic carbocycles. The predicted octanol–water partition coefficient (Wildman–Crippen LogP) is 4.32. The van der Waals surface area contributed by atoms with Crippen molar-refractivity contribution < 1.29 is 18.0 Å². The van der Waals surface area contributed by atoms with Crippen molar-refractivity contribution in [1.29, 1.82) is 0 Å². The molecule has 0 aliphatic carbocycles. The van der Waals surface area contributed by atoms with Gasteiger partial charge in [0.2, 0.25) is 21.8 Å². The summed E-state index contributed by atoms with van der Waals surface area (Å²) in [6.07, 6.45) is 1.78. The summed E-state index contributed by atoms with van der Waals surface area (Å²) in [5.74, 6) is -0.906. The highest BCUT2D eigenvalue weighted by Crippen LogP contribution is 2.28. The third kappa shape index (κ3) is 7.10. The fourth-order valence-electron chi connectivity index (χ4n) is 3.51. The van der Waals surface area contributed by atoms with Gasteiger partial charge in [0.1, 0.15) is 12.6 Å². The summed E-state index contributed by atoms with van der Waals surface area (Å²) in [6, 6.07) is 9.39. The number of rotatable bonds is 10. The zero-order valence-corrected chi connectivity index (χ0v) is 22.4. The molecule has 10 heteroatoms. The molecule has 2 rings (SSSR count). The van der Waals surface area contributed by atoms with Gasteiger partial charge in [-0.25, -0.2) is 8.42 Å². The van der Waals surface area contributed by atoms with Gasteiger partial charge in [-0.15, -0.1) is 0 Å². The van der Waals surface area contributed by atoms with E-state index in [1.807, 2.05) is 19.9 Å². The van der Waals surface area contributed by atoms with Gasteiger partial charge in [-0.2, -0.15) is 0 Å². The highest BCUT2D eigenvalue weighted by molar-refractivity contribution is 7.92. The van der Waals surface area contributed by atoms with Gasteiger partial charge in [0, 0.05) is 28.7 Å². The number of nitrogens with zero attached hydrogens (tertiary/aromatic N) is 2. The molecule has 0 radical (unpaired) electrons. The van der Waals surface area contributed by atoms with E-state index in [4.69, 9.17) is 23.2 Å². The minimum Gasteiger partial charge on any atom is -0.354 e. The van der Waals surface area contributed by atoms with E-state index in [-0.39, 0.29) is 12.5 Å². The average Bonchev–Trinajstić information content (AvgIpc) is 2.74. The number of hydrogen-bond donors (Lipinski definition) is 1. The van der Waals surface area contributed by atoms with Crippen molar-refractivity contribution in [3.05, 3.63) is 63.1 Å². The van der Waals surface area contributed by atoms with Crippen LogP contribution in [0.4, 0.5) is 5.69 Å². The summed E-state index contributed by atoms with van der Waals surface area (Å²) < 4.78 is 26.4. The van der Waals surface area contributed by atoms with Crippen LogP contribution in [0.15, 0.2) is 36.4 Å². The fraction of sp³-hybridized carbons (Fsp3) is 0.417. The largest absolute Gasteiger partial charge is 0.354 e. The van der Waals surface area contributed by atoms with Crippen LogP contribution in [-0.2, 0) is 26.2 Å². The average molecular weight is 529 g/mol. The Bertz CT molecular complexity index is 1130. The van der Waals surface area contributed by atoms with E-state index in [0.717, 1.165) is 22.5 Å². The molecule has 0 unspecified atom stereocenters. The molecule has 1 atom stereocenters. The van der Waals surface area contributed by atoms with Gasteiger partial charge in [-0.3, -0.25) is 13.9 Å². The lowest BCUT2D eigenvalue weighted by Gasteiger charge is -2.32. The molecule has 0 aliphatic rings. The van der Waals surface area contributed by atoms with Crippen LogP contribution in [0, 0.1) is 13.8 Å². The summed E-state index contributed by atoms with van der Waals surface area (Å²) >= 11 is 12.7. The summed E-state index contributed by atoms with van der Waals surface area (Å²) in [5.41, 5.74) is 2.57. The molecule has 0 bridgehead atoms. The van der Waals surface area contributed by atoms with Crippen molar-refractivity contribution in [1.82, 2.24) is 10.2 Å². The topological polar surface area (TPSA) is 86.8 Å². The maximum absolute atomic E-state index is 13.6. The van der Waals surface area contributed by atoms with Crippen LogP contribution in [-0.4, -0.2) is 50.5 Å². The van der Waals surface area contributed by atoms with Crippen molar-refractivity contribution in [2.45, 2.75) is 46.7 Å². The Labute approximate surface area is 212 Å². The molecule has 0 heterocycles. The van der Waals surface area contributed by atoms with Crippen molar-refractivity contribution in [3.63, 3.8) is 0 Å². The molecule has 0 aliphatic heterocycles. The lowest BCUT2D eigenvalue weighted by Crippen LogP contribution is -2.51. The number of benzene rings is 2. The van der Waals surface area contributed by atoms with E-state index < -0.39 is 28.5 Å². The summed E-state index contributed by atoms with van der Waals surface area (Å²) in [6.45, 7) is 7.13. The Morgan fingerprint density at radius 2 is 1.71 bits per heavy atom. The van der Waals surface area contributed by atoms with Crippen molar-refractivity contribution in [3.8, 4) is 0 Å². The van der Waals surface area contributed by atoms with Gasteiger partial charge >= 0.3 is 0 Å². The normalized spacial score (nSPS) is 12.2. The number of sulfonamides is 1. The van der Waals surface area contributed by atoms with Crippen molar-refractivity contribution in [2.75, 3.05) is 23.7 Å². The Morgan fingerprint density at radius 1 is 1.09 bits per heavy atom. The first-order valence-electron chi connectivity index (χ1n) is 10.9. The van der Waals surface area contributed by atoms with Crippen LogP contribution in [0.25, 0.3) is 0 Å². The molecule has 0 fully saturated rings. The van der Waals surface area contributed by atoms with Crippen LogP contribution in [0.2, 0.25) is 10.0 Å². The van der Waals surface area contributed by atoms with E-state index in [0.29, 0.717) is 33.4 Å². The lowest BCUT2D eigenvalue weighted by atomic mass is 10.1. The summed E-state index contributed by atoms with van der Waals surface area (Å²) in [5, 5.41) is 3.48. The molecule has 2 amide bonds. The maximum atomic E-state index is 13.6. The number of nitrogens with one attached hydrogen (secondary N) is 1. The molecule has 1 N–H and O–H groups in total. The molecule has 0 spiro atoms. The summed E-state index contributed by atoms with van der Waals surface area (Å²) in [7, 11) is -3.80. The molecule has 0 aromatic heterocycles. The van der Waals surface area contributed by atoms with E-state index in [9.17, 15) is 18.0 Å². The van der Waals surface area contributed by atoms with Crippen LogP contribution in [0.3, 0.4) is 0 Å². The van der Waals surface area contributed by atoms with Gasteiger partial charge in [0.15, 0.2) is 0 Å². The van der Waals surface area contributed by atoms with Gasteiger partial charge < -0.3 is 10.2 Å². The molecule has 2 aromatic rings. The SMILES string of the molecule is CCCNC(=O)[C@H](C)N(Cc1c(Cl)cccc1Cl)C(=O)CN(c1ccc(C)cc1C)S(C)(=O)=O. The monoisotopic (exact) mass is 527 g/mol. The number of carbonyl (C=O) groups excluding carboxylic acids is 2. The highest BCUT2D eigenvalue weighted by Gasteiger charge is 2.31. The number of anilines is 1. The van der Waals surface area contributed by atoms with Gasteiger partial charge in [0.25, 0.3) is 0 Å². The van der Waals surface area contributed by atoms with Gasteiger partial charge in [0.05, 0.1) is 11.9 Å². The van der Waals surface area contributed by atoms with Gasteiger partial charge in [-0.1, -0.05) is 53.9 Å². The Morgan fingerprint density at radius 3 is 2.24 bits per heavy atom. The third-order valence-corrected chi connectivity index (χ3v) is 7.24. The second-order valence-electron chi connectivity index (χ2n) is 8.25. The first-order valence-corrected chi connectivity index (χ1v) is 13.5. The maximum Gasteiger partial charge on any atom is 0.244 e. The van der Waals surface area contributed by atoms with Crippen LogP contribution >= 0.6 is 23.2 Å². The van der Waals surface area contributed by atoms with E-state index in [1.54, 1.807) is 44.2 Å². The molecule has 7 nitrogen and oxygen atoms in total. The number of halogens is 2. The quantitative estimate of drug-likeness (QED) is 0.498. The van der Waals surface area contributed by atoms with Crippen LogP contribution in [0.1, 0.15) is 37.0 Å². The Hall–Kier alpha value is -2.29. The molecular weight excluding hydrogens is 497 g/mol. The predicted molar refractivity (Wildman–Crippen MR) is 138 cm³/mol. The Kier molecular flexibility index (Phi) is 9.79. The zero-order chi connectivity index (χ0) is 25.6. The van der Waals surface area contributed by atoms with Gasteiger partial charge in [-0.05, 0) is 51.0 Å². The van der Waals surface area contributed by atoms with Crippen molar-refractivity contribution >= 4 is 50.7 Å². The third-order valence-electron chi connectivity index (χ3n) is 5.41. The molecule has 34 heavy (non-hydrogen) atoms. The molecule has 0 saturated heterocycles. The summed E-state index contributed by atoms with van der Waals surface area (Å²) in [4.78, 5) is 27.6. The Balaban J connectivity index is 2.46. The molecule has 186 valence electrons. The van der Waals surface area contributed by atoms with Crippen LogP contribution in [0.5, 0.6) is 0 Å². The number of aryl methyl sites for hydroxylation is 2. The molecular formula is C24H31Cl2N3O4S. The minimum absolute atomic E-state index is 0.0530. The number of amides is 2.